The van der Waals surface area contributed by atoms with Crippen molar-refractivity contribution in [1.29, 1.82) is 0 Å². The average molecular weight is 451 g/mol. The number of anilines is 1. The number of amides is 1. The van der Waals surface area contributed by atoms with Gasteiger partial charge in [0.1, 0.15) is 10.8 Å². The second kappa shape index (κ2) is 9.08. The van der Waals surface area contributed by atoms with Crippen molar-refractivity contribution in [3.05, 3.63) is 76.8 Å². The molecule has 158 valence electrons. The highest BCUT2D eigenvalue weighted by atomic mass is 35.5. The fourth-order valence-electron chi connectivity index (χ4n) is 3.32. The Morgan fingerprint density at radius 3 is 2.71 bits per heavy atom. The Morgan fingerprint density at radius 1 is 1.13 bits per heavy atom. The number of aryl methyl sites for hydroxylation is 1. The molecule has 0 atom stereocenters. The third kappa shape index (κ3) is 4.89. The maximum Gasteiger partial charge on any atom is 0.262 e. The Hall–Kier alpha value is -2.89. The van der Waals surface area contributed by atoms with E-state index in [0.717, 1.165) is 37.7 Å². The summed E-state index contributed by atoms with van der Waals surface area (Å²) in [6.07, 6.45) is 0. The van der Waals surface area contributed by atoms with Crippen LogP contribution in [0.5, 0.6) is 5.75 Å². The molecule has 4 rings (SSSR count). The lowest BCUT2D eigenvalue weighted by atomic mass is 10.0. The van der Waals surface area contributed by atoms with Crippen molar-refractivity contribution >= 4 is 44.7 Å². The van der Waals surface area contributed by atoms with E-state index in [1.807, 2.05) is 55.5 Å². The zero-order chi connectivity index (χ0) is 22.0. The molecule has 1 aromatic heterocycles. The van der Waals surface area contributed by atoms with Gasteiger partial charge < -0.3 is 10.1 Å². The maximum atomic E-state index is 12.6. The van der Waals surface area contributed by atoms with E-state index < -0.39 is 0 Å². The highest BCUT2D eigenvalue weighted by Gasteiger charge is 2.13. The van der Waals surface area contributed by atoms with Crippen molar-refractivity contribution in [2.24, 2.45) is 0 Å². The molecule has 4 aromatic rings. The summed E-state index contributed by atoms with van der Waals surface area (Å²) in [5.41, 5.74) is 4.57. The molecule has 0 aliphatic heterocycles. The van der Waals surface area contributed by atoms with Gasteiger partial charge in [-0.25, -0.2) is 4.98 Å². The summed E-state index contributed by atoms with van der Waals surface area (Å²) in [6.45, 7) is 6.12. The topological polar surface area (TPSA) is 51.2 Å². The van der Waals surface area contributed by atoms with Crippen molar-refractivity contribution in [2.75, 3.05) is 11.9 Å². The summed E-state index contributed by atoms with van der Waals surface area (Å²) in [4.78, 5) is 17.3. The average Bonchev–Trinajstić information content (AvgIpc) is 3.18. The molecule has 0 aliphatic carbocycles. The van der Waals surface area contributed by atoms with Gasteiger partial charge in [0, 0.05) is 5.56 Å². The molecule has 31 heavy (non-hydrogen) atoms. The first-order chi connectivity index (χ1) is 14.9. The first-order valence-electron chi connectivity index (χ1n) is 10.1. The second-order valence-electron chi connectivity index (χ2n) is 7.71. The third-order valence-corrected chi connectivity index (χ3v) is 6.35. The number of rotatable bonds is 6. The summed E-state index contributed by atoms with van der Waals surface area (Å²) >= 11 is 7.94. The third-order valence-electron chi connectivity index (χ3n) is 4.93. The molecule has 4 nitrogen and oxygen atoms in total. The number of aromatic nitrogens is 1. The van der Waals surface area contributed by atoms with Crippen molar-refractivity contribution in [2.45, 2.75) is 26.7 Å². The van der Waals surface area contributed by atoms with Gasteiger partial charge in [-0.1, -0.05) is 55.8 Å². The minimum atomic E-state index is -0.264. The van der Waals surface area contributed by atoms with Gasteiger partial charge in [0.15, 0.2) is 6.61 Å². The number of ether oxygens (including phenoxy) is 1. The van der Waals surface area contributed by atoms with Crippen LogP contribution in [0.1, 0.15) is 30.9 Å². The van der Waals surface area contributed by atoms with Crippen LogP contribution in [0.4, 0.5) is 5.69 Å². The Bertz CT molecular complexity index is 1220. The summed E-state index contributed by atoms with van der Waals surface area (Å²) < 4.78 is 6.96. The summed E-state index contributed by atoms with van der Waals surface area (Å²) in [7, 11) is 0. The van der Waals surface area contributed by atoms with Crippen molar-refractivity contribution in [1.82, 2.24) is 4.98 Å². The molecule has 0 spiro atoms. The molecule has 3 aromatic carbocycles. The predicted octanol–water partition coefficient (Wildman–Crippen LogP) is 7.07. The first kappa shape index (κ1) is 21.3. The van der Waals surface area contributed by atoms with Gasteiger partial charge in [0.25, 0.3) is 5.91 Å². The Balaban J connectivity index is 1.50. The number of carbonyl (C=O) groups excluding carboxylic acids is 1. The van der Waals surface area contributed by atoms with Gasteiger partial charge in [0.05, 0.1) is 20.9 Å². The molecular weight excluding hydrogens is 428 g/mol. The van der Waals surface area contributed by atoms with Crippen LogP contribution < -0.4 is 10.1 Å². The molecule has 0 bridgehead atoms. The quantitative estimate of drug-likeness (QED) is 0.342. The fraction of sp³-hybridized carbons (Fsp3) is 0.200. The fourth-order valence-corrected chi connectivity index (χ4v) is 4.45. The largest absolute Gasteiger partial charge is 0.483 e. The number of carbonyl (C=O) groups is 1. The number of hydrogen-bond acceptors (Lipinski definition) is 4. The second-order valence-corrected chi connectivity index (χ2v) is 9.15. The first-order valence-corrected chi connectivity index (χ1v) is 11.3. The van der Waals surface area contributed by atoms with Gasteiger partial charge in [-0.3, -0.25) is 4.79 Å². The lowest BCUT2D eigenvalue weighted by Gasteiger charge is -2.15. The highest BCUT2D eigenvalue weighted by Crippen LogP contribution is 2.34. The van der Waals surface area contributed by atoms with Crippen LogP contribution in [0.2, 0.25) is 5.02 Å². The lowest BCUT2D eigenvalue weighted by molar-refractivity contribution is -0.118. The molecule has 1 heterocycles. The van der Waals surface area contributed by atoms with E-state index in [1.165, 1.54) is 0 Å². The number of thiazole rings is 1. The van der Waals surface area contributed by atoms with E-state index in [9.17, 15) is 4.79 Å². The van der Waals surface area contributed by atoms with Crippen LogP contribution in [0.3, 0.4) is 0 Å². The van der Waals surface area contributed by atoms with E-state index >= 15 is 0 Å². The van der Waals surface area contributed by atoms with Crippen LogP contribution in [0.25, 0.3) is 20.8 Å². The number of fused-ring (bicyclic) bond motifs is 1. The summed E-state index contributed by atoms with van der Waals surface area (Å²) in [5, 5.41) is 4.22. The SMILES string of the molecule is Cc1ccc(C(C)C)c(OCC(=O)Nc2cc(-c3nc4ccccc4s3)ccc2Cl)c1. The molecule has 6 heteroatoms. The smallest absolute Gasteiger partial charge is 0.262 e. The molecule has 0 radical (unpaired) electrons. The minimum Gasteiger partial charge on any atom is -0.483 e. The van der Waals surface area contributed by atoms with E-state index in [4.69, 9.17) is 16.3 Å². The van der Waals surface area contributed by atoms with Crippen molar-refractivity contribution in [3.8, 4) is 16.3 Å². The molecule has 0 saturated heterocycles. The molecule has 0 saturated carbocycles. The van der Waals surface area contributed by atoms with Crippen LogP contribution in [-0.2, 0) is 4.79 Å². The Morgan fingerprint density at radius 2 is 1.94 bits per heavy atom. The lowest BCUT2D eigenvalue weighted by Crippen LogP contribution is -2.21. The molecule has 0 fully saturated rings. The Labute approximate surface area is 190 Å². The standard InChI is InChI=1S/C25H23ClN2O2S/c1-15(2)18-10-8-16(3)12-22(18)30-14-24(29)27-21-13-17(9-11-19(21)26)25-28-20-6-4-5-7-23(20)31-25/h4-13,15H,14H2,1-3H3,(H,27,29). The predicted molar refractivity (Wildman–Crippen MR) is 129 cm³/mol. The van der Waals surface area contributed by atoms with E-state index in [2.05, 4.69) is 30.2 Å². The molecule has 1 N–H and O–H groups in total. The molecular formula is C25H23ClN2O2S. The van der Waals surface area contributed by atoms with Crippen LogP contribution in [0, 0.1) is 6.92 Å². The van der Waals surface area contributed by atoms with Gasteiger partial charge in [-0.2, -0.15) is 0 Å². The normalized spacial score (nSPS) is 11.1. The van der Waals surface area contributed by atoms with E-state index in [0.29, 0.717) is 16.6 Å². The number of hydrogen-bond donors (Lipinski definition) is 1. The number of para-hydroxylation sites is 1. The highest BCUT2D eigenvalue weighted by molar-refractivity contribution is 7.21. The summed E-state index contributed by atoms with van der Waals surface area (Å²) in [6, 6.07) is 19.6. The molecule has 0 aliphatic rings. The van der Waals surface area contributed by atoms with E-state index in [-0.39, 0.29) is 12.5 Å². The number of nitrogens with zero attached hydrogens (tertiary/aromatic N) is 1. The van der Waals surface area contributed by atoms with E-state index in [1.54, 1.807) is 17.4 Å². The van der Waals surface area contributed by atoms with Crippen LogP contribution in [-0.4, -0.2) is 17.5 Å². The molecule has 1 amide bonds. The van der Waals surface area contributed by atoms with Gasteiger partial charge in [-0.15, -0.1) is 11.3 Å². The minimum absolute atomic E-state index is 0.0924. The zero-order valence-corrected chi connectivity index (χ0v) is 19.2. The maximum absolute atomic E-state index is 12.6. The number of benzene rings is 3. The zero-order valence-electron chi connectivity index (χ0n) is 17.6. The van der Waals surface area contributed by atoms with Gasteiger partial charge in [0.2, 0.25) is 0 Å². The number of nitrogens with one attached hydrogen (secondary N) is 1. The van der Waals surface area contributed by atoms with Crippen LogP contribution in [0.15, 0.2) is 60.7 Å². The molecule has 0 unspecified atom stereocenters. The summed E-state index contributed by atoms with van der Waals surface area (Å²) in [5.74, 6) is 0.776. The van der Waals surface area contributed by atoms with Gasteiger partial charge >= 0.3 is 0 Å². The van der Waals surface area contributed by atoms with Crippen LogP contribution >= 0.6 is 22.9 Å². The monoisotopic (exact) mass is 450 g/mol. The van der Waals surface area contributed by atoms with Crippen molar-refractivity contribution < 1.29 is 9.53 Å². The van der Waals surface area contributed by atoms with Gasteiger partial charge in [-0.05, 0) is 54.3 Å². The Kier molecular flexibility index (Phi) is 6.25. The van der Waals surface area contributed by atoms with Crippen molar-refractivity contribution in [3.63, 3.8) is 0 Å². The number of halogens is 1.